The SMILES string of the molecule is Cn1cnnc1CC1(c2cccc(-n3cc4c(C(F)(F)F)cc(CN5CCC(OCCN6CCN(CC7CCN(c8ccc9c(c8)CN(C8CCC(=O)NC8=O)C9=O)CC7)CC6)CC5)cn4c3=O)c2)COC1. The molecule has 5 aromatic rings. The van der Waals surface area contributed by atoms with Crippen LogP contribution >= 0.6 is 0 Å². The second-order valence-electron chi connectivity index (χ2n) is 20.8. The zero-order valence-electron chi connectivity index (χ0n) is 40.7. The summed E-state index contributed by atoms with van der Waals surface area (Å²) in [5, 5.41) is 10.6. The minimum atomic E-state index is -4.66. The molecule has 20 heteroatoms. The zero-order valence-corrected chi connectivity index (χ0v) is 40.7. The third-order valence-electron chi connectivity index (χ3n) is 16.1. The Morgan fingerprint density at radius 2 is 1.62 bits per heavy atom. The van der Waals surface area contributed by atoms with Crippen LogP contribution in [-0.4, -0.2) is 158 Å². The number of carbonyl (C=O) groups excluding carboxylic acids is 3. The summed E-state index contributed by atoms with van der Waals surface area (Å²) < 4.78 is 60.3. The van der Waals surface area contributed by atoms with Gasteiger partial charge in [-0.25, -0.2) is 4.79 Å². The second kappa shape index (κ2) is 19.8. The number of hydrogen-bond donors (Lipinski definition) is 1. The minimum Gasteiger partial charge on any atom is -0.379 e. The smallest absolute Gasteiger partial charge is 0.379 e. The maximum atomic E-state index is 14.7. The normalized spacial score (nSPS) is 21.9. The molecule has 0 bridgehead atoms. The summed E-state index contributed by atoms with van der Waals surface area (Å²) in [6.07, 6.45) is 4.85. The monoisotopic (exact) mass is 993 g/mol. The number of hydrogen-bond acceptors (Lipinski definition) is 12. The molecule has 0 spiro atoms. The van der Waals surface area contributed by atoms with Gasteiger partial charge in [-0.1, -0.05) is 12.1 Å². The van der Waals surface area contributed by atoms with Crippen LogP contribution in [-0.2, 0) is 57.2 Å². The minimum absolute atomic E-state index is 0.0897. The van der Waals surface area contributed by atoms with E-state index in [1.165, 1.54) is 16.8 Å². The fourth-order valence-corrected chi connectivity index (χ4v) is 11.8. The van der Waals surface area contributed by atoms with Crippen LogP contribution in [0.1, 0.15) is 77.0 Å². The molecule has 1 unspecified atom stereocenters. The van der Waals surface area contributed by atoms with E-state index in [-0.39, 0.29) is 29.9 Å². The van der Waals surface area contributed by atoms with Gasteiger partial charge in [0.15, 0.2) is 0 Å². The number of carbonyl (C=O) groups is 3. The number of imide groups is 1. The maximum Gasteiger partial charge on any atom is 0.418 e. The van der Waals surface area contributed by atoms with Gasteiger partial charge in [0, 0.05) is 127 Å². The van der Waals surface area contributed by atoms with Crippen molar-refractivity contribution in [2.24, 2.45) is 13.0 Å². The fraction of sp³-hybridized carbons (Fsp3) is 0.538. The number of benzene rings is 2. The van der Waals surface area contributed by atoms with E-state index in [2.05, 4.69) is 41.2 Å². The summed E-state index contributed by atoms with van der Waals surface area (Å²) >= 11 is 0. The number of nitrogens with zero attached hydrogens (tertiary/aromatic N) is 10. The Morgan fingerprint density at radius 3 is 2.33 bits per heavy atom. The third-order valence-corrected chi connectivity index (χ3v) is 16.1. The van der Waals surface area contributed by atoms with Crippen molar-refractivity contribution < 1.29 is 37.0 Å². The Balaban J connectivity index is 0.619. The molecule has 17 nitrogen and oxygen atoms in total. The predicted octanol–water partition coefficient (Wildman–Crippen LogP) is 4.02. The second-order valence-corrected chi connectivity index (χ2v) is 20.8. The Hall–Kier alpha value is -5.93. The average Bonchev–Trinajstić information content (AvgIpc) is 4.03. The summed E-state index contributed by atoms with van der Waals surface area (Å²) in [7, 11) is 1.88. The van der Waals surface area contributed by atoms with E-state index >= 15 is 0 Å². The Labute approximate surface area is 415 Å². The molecule has 0 saturated carbocycles. The molecule has 72 heavy (non-hydrogen) atoms. The molecule has 6 aliphatic rings. The summed E-state index contributed by atoms with van der Waals surface area (Å²) in [4.78, 5) is 62.5. The summed E-state index contributed by atoms with van der Waals surface area (Å²) in [6, 6.07) is 14.0. The molecule has 0 radical (unpaired) electrons. The number of fused-ring (bicyclic) bond motifs is 2. The lowest BCUT2D eigenvalue weighted by Crippen LogP contribution is -2.52. The topological polar surface area (TPSA) is 155 Å². The van der Waals surface area contributed by atoms with Gasteiger partial charge in [-0.2, -0.15) is 13.2 Å². The molecule has 6 aliphatic heterocycles. The molecule has 11 rings (SSSR count). The van der Waals surface area contributed by atoms with Gasteiger partial charge in [-0.15, -0.1) is 10.2 Å². The molecule has 3 amide bonds. The maximum absolute atomic E-state index is 14.7. The van der Waals surface area contributed by atoms with Gasteiger partial charge in [0.05, 0.1) is 42.7 Å². The number of aromatic nitrogens is 5. The summed E-state index contributed by atoms with van der Waals surface area (Å²) in [5.74, 6) is 0.586. The molecule has 2 aromatic carbocycles. The number of aryl methyl sites for hydroxylation is 1. The number of halogens is 3. The van der Waals surface area contributed by atoms with E-state index in [1.807, 2.05) is 41.9 Å². The molecule has 3 aromatic heterocycles. The van der Waals surface area contributed by atoms with Crippen molar-refractivity contribution in [1.29, 1.82) is 0 Å². The van der Waals surface area contributed by atoms with Crippen molar-refractivity contribution in [1.82, 2.24) is 48.6 Å². The van der Waals surface area contributed by atoms with Gasteiger partial charge < -0.3 is 28.7 Å². The van der Waals surface area contributed by atoms with Crippen LogP contribution in [0.15, 0.2) is 72.0 Å². The van der Waals surface area contributed by atoms with Gasteiger partial charge in [0.1, 0.15) is 18.2 Å². The number of imidazole rings is 1. The first-order valence-corrected chi connectivity index (χ1v) is 25.4. The van der Waals surface area contributed by atoms with E-state index < -0.39 is 34.8 Å². The van der Waals surface area contributed by atoms with Crippen LogP contribution in [0.3, 0.4) is 0 Å². The van der Waals surface area contributed by atoms with Crippen LogP contribution in [0, 0.1) is 5.92 Å². The van der Waals surface area contributed by atoms with Crippen molar-refractivity contribution in [2.45, 2.75) is 81.8 Å². The lowest BCUT2D eigenvalue weighted by atomic mass is 9.75. The number of pyridine rings is 1. The van der Waals surface area contributed by atoms with Crippen molar-refractivity contribution >= 4 is 28.9 Å². The predicted molar refractivity (Wildman–Crippen MR) is 260 cm³/mol. The van der Waals surface area contributed by atoms with Gasteiger partial charge in [0.2, 0.25) is 11.8 Å². The van der Waals surface area contributed by atoms with Crippen LogP contribution in [0.5, 0.6) is 0 Å². The van der Waals surface area contributed by atoms with E-state index in [0.29, 0.717) is 81.6 Å². The fourth-order valence-electron chi connectivity index (χ4n) is 11.8. The lowest BCUT2D eigenvalue weighted by Gasteiger charge is -2.41. The van der Waals surface area contributed by atoms with Crippen LogP contribution in [0.2, 0.25) is 0 Å². The number of piperidine rings is 3. The number of anilines is 1. The number of nitrogens with one attached hydrogen (secondary N) is 1. The molecule has 382 valence electrons. The quantitative estimate of drug-likeness (QED) is 0.160. The van der Waals surface area contributed by atoms with E-state index in [1.54, 1.807) is 23.5 Å². The highest BCUT2D eigenvalue weighted by Gasteiger charge is 2.43. The number of amides is 3. The Morgan fingerprint density at radius 1 is 0.847 bits per heavy atom. The van der Waals surface area contributed by atoms with Crippen molar-refractivity contribution in [3.05, 3.63) is 111 Å². The van der Waals surface area contributed by atoms with Crippen molar-refractivity contribution in [2.75, 3.05) is 90.2 Å². The number of alkyl halides is 3. The highest BCUT2D eigenvalue weighted by atomic mass is 19.4. The molecule has 5 saturated heterocycles. The lowest BCUT2D eigenvalue weighted by molar-refractivity contribution is -0.137. The Bertz CT molecular complexity index is 2890. The standard InChI is InChI=1S/C52H62F3N11O6/c1-59-34-56-58-46(59)26-51(32-71-33-51)38-3-2-4-40(25-38)64-31-45-43(52(53,54)55)23-36(29-66(45)50(64)70)28-61-13-11-41(12-14-61)72-22-21-60-17-19-62(20-18-60)27-35-9-15-63(16-10-35)39-5-6-42-37(24-39)30-65(49(42)69)44-7-8-47(67)57-48(44)68/h2-6,23-25,29,31,34-35,41,44H,7-22,26-28,30,32-33H2,1H3,(H,57,67,68). The molecular weight excluding hydrogens is 932 g/mol. The van der Waals surface area contributed by atoms with Gasteiger partial charge in [-0.3, -0.25) is 38.5 Å². The first-order chi connectivity index (χ1) is 34.8. The summed E-state index contributed by atoms with van der Waals surface area (Å²) in [6.45, 7) is 11.5. The molecule has 1 N–H and O–H groups in total. The molecule has 9 heterocycles. The highest BCUT2D eigenvalue weighted by Crippen LogP contribution is 2.38. The van der Waals surface area contributed by atoms with Crippen LogP contribution in [0.4, 0.5) is 18.9 Å². The van der Waals surface area contributed by atoms with Gasteiger partial charge >= 0.3 is 11.9 Å². The molecular formula is C52H62F3N11O6. The van der Waals surface area contributed by atoms with E-state index in [4.69, 9.17) is 9.47 Å². The third kappa shape index (κ3) is 9.82. The van der Waals surface area contributed by atoms with Crippen molar-refractivity contribution in [3.8, 4) is 5.69 Å². The zero-order chi connectivity index (χ0) is 49.7. The van der Waals surface area contributed by atoms with Crippen LogP contribution in [0.25, 0.3) is 11.2 Å². The molecule has 0 aliphatic carbocycles. The number of piperazine rings is 1. The first-order valence-electron chi connectivity index (χ1n) is 25.4. The number of likely N-dealkylation sites (tertiary alicyclic amines) is 1. The summed E-state index contributed by atoms with van der Waals surface area (Å²) in [5.41, 5.74) is 2.52. The molecule has 5 fully saturated rings. The molecule has 1 atom stereocenters. The van der Waals surface area contributed by atoms with E-state index in [0.717, 1.165) is 105 Å². The van der Waals surface area contributed by atoms with Gasteiger partial charge in [-0.05, 0) is 91.1 Å². The highest BCUT2D eigenvalue weighted by molar-refractivity contribution is 6.05. The average molecular weight is 994 g/mol. The van der Waals surface area contributed by atoms with Crippen LogP contribution < -0.4 is 15.9 Å². The number of rotatable bonds is 14. The first kappa shape index (κ1) is 48.3. The largest absolute Gasteiger partial charge is 0.418 e. The Kier molecular flexibility index (Phi) is 13.3. The van der Waals surface area contributed by atoms with E-state index in [9.17, 15) is 32.3 Å². The van der Waals surface area contributed by atoms with Crippen molar-refractivity contribution in [3.63, 3.8) is 0 Å². The number of ether oxygens (including phenoxy) is 2. The van der Waals surface area contributed by atoms with Gasteiger partial charge in [0.25, 0.3) is 5.91 Å².